The number of hydrogen-bond acceptors (Lipinski definition) is 5. The van der Waals surface area contributed by atoms with Crippen molar-refractivity contribution in [1.29, 1.82) is 0 Å². The molecular formula is C14H24O5. The molecule has 0 saturated heterocycles. The molecule has 1 aliphatic rings. The van der Waals surface area contributed by atoms with Crippen molar-refractivity contribution in [1.82, 2.24) is 0 Å². The average molecular weight is 272 g/mol. The molecule has 0 N–H and O–H groups in total. The van der Waals surface area contributed by atoms with Crippen LogP contribution in [0.3, 0.4) is 0 Å². The van der Waals surface area contributed by atoms with E-state index in [1.165, 1.54) is 14.2 Å². The van der Waals surface area contributed by atoms with Crippen LogP contribution in [0.4, 0.5) is 0 Å². The van der Waals surface area contributed by atoms with Crippen LogP contribution in [0.15, 0.2) is 0 Å². The lowest BCUT2D eigenvalue weighted by Gasteiger charge is -2.43. The van der Waals surface area contributed by atoms with Gasteiger partial charge in [-0.3, -0.25) is 9.59 Å². The zero-order chi connectivity index (χ0) is 14.8. The fourth-order valence-electron chi connectivity index (χ4n) is 3.26. The van der Waals surface area contributed by atoms with Gasteiger partial charge in [0.1, 0.15) is 0 Å². The fourth-order valence-corrected chi connectivity index (χ4v) is 3.26. The van der Waals surface area contributed by atoms with Crippen molar-refractivity contribution in [3.8, 4) is 0 Å². The van der Waals surface area contributed by atoms with Gasteiger partial charge in [-0.25, -0.2) is 0 Å². The summed E-state index contributed by atoms with van der Waals surface area (Å²) in [5, 5.41) is 0. The highest BCUT2D eigenvalue weighted by molar-refractivity contribution is 5.96. The number of carbonyl (C=O) groups excluding carboxylic acids is 2. The van der Waals surface area contributed by atoms with Crippen LogP contribution < -0.4 is 0 Å². The van der Waals surface area contributed by atoms with Crippen molar-refractivity contribution in [2.24, 2.45) is 16.7 Å². The minimum atomic E-state index is -0.919. The van der Waals surface area contributed by atoms with Gasteiger partial charge in [-0.15, -0.1) is 0 Å². The van der Waals surface area contributed by atoms with Gasteiger partial charge < -0.3 is 14.2 Å². The molecule has 0 aromatic carbocycles. The van der Waals surface area contributed by atoms with Crippen LogP contribution in [-0.2, 0) is 23.8 Å². The third-order valence-corrected chi connectivity index (χ3v) is 5.00. The molecule has 0 aromatic rings. The normalized spacial score (nSPS) is 29.3. The van der Waals surface area contributed by atoms with Crippen LogP contribution >= 0.6 is 0 Å². The van der Waals surface area contributed by atoms with Crippen molar-refractivity contribution >= 4 is 11.9 Å². The summed E-state index contributed by atoms with van der Waals surface area (Å²) in [6, 6.07) is 0. The molecule has 1 aliphatic carbocycles. The summed E-state index contributed by atoms with van der Waals surface area (Å²) in [6.07, 6.45) is 1.53. The highest BCUT2D eigenvalue weighted by Crippen LogP contribution is 2.58. The SMILES string of the molecule is COC(=O)C(C(=O)OC)[C@]1(C)CC[C@H](OC)C1(C)C. The molecule has 5 nitrogen and oxygen atoms in total. The number of carbonyl (C=O) groups is 2. The van der Waals surface area contributed by atoms with Gasteiger partial charge in [0.2, 0.25) is 0 Å². The van der Waals surface area contributed by atoms with E-state index in [2.05, 4.69) is 0 Å². The Morgan fingerprint density at radius 1 is 1.05 bits per heavy atom. The Bertz CT molecular complexity index is 347. The molecule has 1 fully saturated rings. The minimum absolute atomic E-state index is 0.00862. The van der Waals surface area contributed by atoms with Gasteiger partial charge in [0.05, 0.1) is 20.3 Å². The molecule has 1 rings (SSSR count). The molecule has 0 aliphatic heterocycles. The largest absolute Gasteiger partial charge is 0.468 e. The van der Waals surface area contributed by atoms with Crippen LogP contribution in [0.2, 0.25) is 0 Å². The van der Waals surface area contributed by atoms with E-state index in [4.69, 9.17) is 14.2 Å². The first kappa shape index (κ1) is 16.0. The van der Waals surface area contributed by atoms with Gasteiger partial charge in [-0.05, 0) is 23.7 Å². The Hall–Kier alpha value is -1.10. The topological polar surface area (TPSA) is 61.8 Å². The second-order valence-electron chi connectivity index (χ2n) is 5.88. The van der Waals surface area contributed by atoms with Crippen LogP contribution in [0.5, 0.6) is 0 Å². The number of rotatable bonds is 4. The number of ether oxygens (including phenoxy) is 3. The molecule has 0 bridgehead atoms. The van der Waals surface area contributed by atoms with Gasteiger partial charge in [0.15, 0.2) is 5.92 Å². The Morgan fingerprint density at radius 3 is 1.84 bits per heavy atom. The molecule has 19 heavy (non-hydrogen) atoms. The molecule has 0 unspecified atom stereocenters. The maximum absolute atomic E-state index is 12.0. The van der Waals surface area contributed by atoms with Crippen molar-refractivity contribution in [3.63, 3.8) is 0 Å². The summed E-state index contributed by atoms with van der Waals surface area (Å²) in [7, 11) is 4.23. The third kappa shape index (κ3) is 2.36. The molecule has 0 spiro atoms. The van der Waals surface area contributed by atoms with E-state index < -0.39 is 23.3 Å². The molecular weight excluding hydrogens is 248 g/mol. The summed E-state index contributed by atoms with van der Waals surface area (Å²) in [5.41, 5.74) is -0.872. The first-order valence-corrected chi connectivity index (χ1v) is 6.44. The van der Waals surface area contributed by atoms with Crippen molar-refractivity contribution < 1.29 is 23.8 Å². The van der Waals surface area contributed by atoms with E-state index in [1.807, 2.05) is 20.8 Å². The highest BCUT2D eigenvalue weighted by Gasteiger charge is 2.60. The molecule has 2 atom stereocenters. The fraction of sp³-hybridized carbons (Fsp3) is 0.857. The van der Waals surface area contributed by atoms with Crippen molar-refractivity contribution in [2.45, 2.75) is 39.7 Å². The predicted octanol–water partition coefficient (Wildman–Crippen LogP) is 1.79. The van der Waals surface area contributed by atoms with Crippen molar-refractivity contribution in [3.05, 3.63) is 0 Å². The second kappa shape index (κ2) is 5.49. The molecule has 1 saturated carbocycles. The van der Waals surface area contributed by atoms with E-state index >= 15 is 0 Å². The lowest BCUT2D eigenvalue weighted by Crippen LogP contribution is -2.49. The zero-order valence-electron chi connectivity index (χ0n) is 12.6. The zero-order valence-corrected chi connectivity index (χ0v) is 12.6. The Morgan fingerprint density at radius 2 is 1.53 bits per heavy atom. The number of methoxy groups -OCH3 is 3. The standard InChI is InChI=1S/C14H24O5/c1-13(2)9(17-4)7-8-14(13,3)10(11(15)18-5)12(16)19-6/h9-10H,7-8H2,1-6H3/t9-,14-/m0/s1. The van der Waals surface area contributed by atoms with E-state index in [0.717, 1.165) is 6.42 Å². The van der Waals surface area contributed by atoms with Gasteiger partial charge in [0.25, 0.3) is 0 Å². The summed E-state index contributed by atoms with van der Waals surface area (Å²) in [6.45, 7) is 5.98. The smallest absolute Gasteiger partial charge is 0.320 e. The number of hydrogen-bond donors (Lipinski definition) is 0. The van der Waals surface area contributed by atoms with Crippen LogP contribution in [0, 0.1) is 16.7 Å². The van der Waals surface area contributed by atoms with E-state index in [-0.39, 0.29) is 11.5 Å². The van der Waals surface area contributed by atoms with E-state index in [0.29, 0.717) is 6.42 Å². The van der Waals surface area contributed by atoms with Crippen molar-refractivity contribution in [2.75, 3.05) is 21.3 Å². The summed E-state index contributed by atoms with van der Waals surface area (Å²) in [4.78, 5) is 24.0. The summed E-state index contributed by atoms with van der Waals surface area (Å²) >= 11 is 0. The summed E-state index contributed by atoms with van der Waals surface area (Å²) < 4.78 is 15.1. The van der Waals surface area contributed by atoms with Crippen LogP contribution in [-0.4, -0.2) is 39.4 Å². The predicted molar refractivity (Wildman–Crippen MR) is 69.4 cm³/mol. The third-order valence-electron chi connectivity index (χ3n) is 5.00. The second-order valence-corrected chi connectivity index (χ2v) is 5.88. The van der Waals surface area contributed by atoms with Gasteiger partial charge in [-0.2, -0.15) is 0 Å². The first-order valence-electron chi connectivity index (χ1n) is 6.44. The Kier molecular flexibility index (Phi) is 4.61. The molecule has 5 heteroatoms. The molecule has 110 valence electrons. The van der Waals surface area contributed by atoms with Gasteiger partial charge >= 0.3 is 11.9 Å². The Labute approximate surface area is 114 Å². The average Bonchev–Trinajstić information content (AvgIpc) is 2.60. The van der Waals surface area contributed by atoms with Gasteiger partial charge in [-0.1, -0.05) is 20.8 Å². The maximum atomic E-state index is 12.0. The molecule has 0 heterocycles. The lowest BCUT2D eigenvalue weighted by atomic mass is 9.61. The maximum Gasteiger partial charge on any atom is 0.320 e. The Balaban J connectivity index is 3.21. The minimum Gasteiger partial charge on any atom is -0.468 e. The van der Waals surface area contributed by atoms with E-state index in [9.17, 15) is 9.59 Å². The summed E-state index contributed by atoms with van der Waals surface area (Å²) in [5.74, 6) is -2.00. The molecule has 0 aromatic heterocycles. The quantitative estimate of drug-likeness (QED) is 0.577. The molecule has 0 radical (unpaired) electrons. The first-order chi connectivity index (χ1) is 8.76. The lowest BCUT2D eigenvalue weighted by molar-refractivity contribution is -0.171. The number of esters is 2. The van der Waals surface area contributed by atoms with Crippen LogP contribution in [0.25, 0.3) is 0 Å². The monoisotopic (exact) mass is 272 g/mol. The van der Waals surface area contributed by atoms with Crippen LogP contribution in [0.1, 0.15) is 33.6 Å². The molecule has 0 amide bonds. The highest BCUT2D eigenvalue weighted by atomic mass is 16.5. The van der Waals surface area contributed by atoms with E-state index in [1.54, 1.807) is 7.11 Å². The van der Waals surface area contributed by atoms with Gasteiger partial charge in [0, 0.05) is 7.11 Å².